The number of hydrogen-bond acceptors (Lipinski definition) is 4. The molecule has 22 heavy (non-hydrogen) atoms. The molecule has 0 bridgehead atoms. The molecule has 4 unspecified atom stereocenters. The van der Waals surface area contributed by atoms with Gasteiger partial charge in [0, 0.05) is 11.9 Å². The Kier molecular flexibility index (Phi) is 3.46. The molecule has 0 aromatic rings. The highest BCUT2D eigenvalue weighted by Crippen LogP contribution is 2.61. The predicted molar refractivity (Wildman–Crippen MR) is 74.9 cm³/mol. The molecule has 0 radical (unpaired) electrons. The summed E-state index contributed by atoms with van der Waals surface area (Å²) in [6, 6.07) is 0. The second kappa shape index (κ2) is 5.24. The maximum atomic E-state index is 11.3. The van der Waals surface area contributed by atoms with Crippen LogP contribution in [0.3, 0.4) is 0 Å². The van der Waals surface area contributed by atoms with Crippen LogP contribution in [0, 0.1) is 47.3 Å². The lowest BCUT2D eigenvalue weighted by atomic mass is 9.46. The van der Waals surface area contributed by atoms with E-state index in [-0.39, 0.29) is 11.8 Å². The van der Waals surface area contributed by atoms with Crippen LogP contribution in [0.2, 0.25) is 0 Å². The van der Waals surface area contributed by atoms with E-state index < -0.39 is 11.9 Å². The van der Waals surface area contributed by atoms with Crippen molar-refractivity contribution in [3.63, 3.8) is 0 Å². The van der Waals surface area contributed by atoms with E-state index in [9.17, 15) is 19.8 Å². The SMILES string of the molecule is O=C([O-])C1CC2CCC3CC(C(=O)[O-])CC4CCC(C1)C2C34. The molecular formula is C18H24O4-2. The molecule has 4 nitrogen and oxygen atoms in total. The van der Waals surface area contributed by atoms with E-state index in [2.05, 4.69) is 0 Å². The van der Waals surface area contributed by atoms with Crippen LogP contribution >= 0.6 is 0 Å². The second-order valence-corrected chi connectivity index (χ2v) is 8.32. The number of aliphatic carboxylic acids is 2. The summed E-state index contributed by atoms with van der Waals surface area (Å²) >= 11 is 0. The number of hydrogen-bond donors (Lipinski definition) is 0. The van der Waals surface area contributed by atoms with E-state index in [0.717, 1.165) is 51.4 Å². The first-order valence-electron chi connectivity index (χ1n) is 8.96. The van der Waals surface area contributed by atoms with Gasteiger partial charge in [-0.1, -0.05) is 0 Å². The number of carboxylic acid groups (broad SMARTS) is 2. The first-order chi connectivity index (χ1) is 10.5. The molecule has 4 fully saturated rings. The van der Waals surface area contributed by atoms with Gasteiger partial charge in [-0.15, -0.1) is 0 Å². The van der Waals surface area contributed by atoms with Crippen LogP contribution in [0.1, 0.15) is 51.4 Å². The van der Waals surface area contributed by atoms with Crippen molar-refractivity contribution in [3.8, 4) is 0 Å². The lowest BCUT2D eigenvalue weighted by Crippen LogP contribution is -2.54. The van der Waals surface area contributed by atoms with Crippen molar-refractivity contribution in [1.82, 2.24) is 0 Å². The molecule has 0 aromatic heterocycles. The number of rotatable bonds is 2. The van der Waals surface area contributed by atoms with Crippen LogP contribution in [0.4, 0.5) is 0 Å². The Labute approximate surface area is 131 Å². The second-order valence-electron chi connectivity index (χ2n) is 8.32. The minimum absolute atomic E-state index is 0.251. The molecule has 0 saturated heterocycles. The van der Waals surface area contributed by atoms with Gasteiger partial charge in [-0.25, -0.2) is 0 Å². The molecule has 4 aliphatic rings. The zero-order valence-electron chi connectivity index (χ0n) is 12.9. The number of carbonyl (C=O) groups excluding carboxylic acids is 2. The molecule has 0 heterocycles. The number of carbonyl (C=O) groups is 2. The van der Waals surface area contributed by atoms with Gasteiger partial charge in [0.15, 0.2) is 0 Å². The van der Waals surface area contributed by atoms with Crippen molar-refractivity contribution in [3.05, 3.63) is 0 Å². The van der Waals surface area contributed by atoms with E-state index >= 15 is 0 Å². The van der Waals surface area contributed by atoms with E-state index in [1.807, 2.05) is 0 Å². The molecular weight excluding hydrogens is 280 g/mol. The molecule has 0 aliphatic heterocycles. The summed E-state index contributed by atoms with van der Waals surface area (Å²) in [5.41, 5.74) is 0. The Morgan fingerprint density at radius 3 is 1.09 bits per heavy atom. The van der Waals surface area contributed by atoms with Crippen molar-refractivity contribution in [2.24, 2.45) is 47.3 Å². The van der Waals surface area contributed by atoms with Gasteiger partial charge in [0.25, 0.3) is 0 Å². The van der Waals surface area contributed by atoms with Crippen LogP contribution in [0.15, 0.2) is 0 Å². The summed E-state index contributed by atoms with van der Waals surface area (Å²) in [6.07, 6.45) is 7.51. The summed E-state index contributed by atoms with van der Waals surface area (Å²) in [7, 11) is 0. The Hall–Kier alpha value is -1.06. The fraction of sp³-hybridized carbons (Fsp3) is 0.889. The molecule has 0 aromatic carbocycles. The topological polar surface area (TPSA) is 80.3 Å². The van der Waals surface area contributed by atoms with Crippen molar-refractivity contribution in [2.45, 2.75) is 51.4 Å². The predicted octanol–water partition coefficient (Wildman–Crippen LogP) is 0.591. The lowest BCUT2D eigenvalue weighted by molar-refractivity contribution is -0.317. The van der Waals surface area contributed by atoms with Crippen molar-refractivity contribution in [1.29, 1.82) is 0 Å². The van der Waals surface area contributed by atoms with Crippen molar-refractivity contribution in [2.75, 3.05) is 0 Å². The zero-order valence-corrected chi connectivity index (χ0v) is 12.9. The first-order valence-corrected chi connectivity index (χ1v) is 8.96. The Morgan fingerprint density at radius 1 is 0.591 bits per heavy atom. The fourth-order valence-electron chi connectivity index (χ4n) is 6.79. The minimum Gasteiger partial charge on any atom is -0.550 e. The molecule has 4 rings (SSSR count). The molecule has 0 spiro atoms. The summed E-state index contributed by atoms with van der Waals surface area (Å²) in [5.74, 6) is 1.21. The standard InChI is InChI=1S/C18H26O4/c19-17(20)13-5-9-1-2-10-6-14(18(21)22)8-12-4-3-11(7-13)15(9)16(10)12/h9-16H,1-8H2,(H,19,20)(H,21,22)/p-2. The monoisotopic (exact) mass is 304 g/mol. The third-order valence-electron chi connectivity index (χ3n) is 7.45. The Morgan fingerprint density at radius 2 is 0.864 bits per heavy atom. The van der Waals surface area contributed by atoms with E-state index in [4.69, 9.17) is 0 Å². The van der Waals surface area contributed by atoms with Gasteiger partial charge in [-0.3, -0.25) is 0 Å². The number of carboxylic acids is 2. The van der Waals surface area contributed by atoms with Crippen molar-refractivity contribution >= 4 is 11.9 Å². The van der Waals surface area contributed by atoms with Crippen LogP contribution in [0.5, 0.6) is 0 Å². The fourth-order valence-corrected chi connectivity index (χ4v) is 6.79. The highest BCUT2D eigenvalue weighted by molar-refractivity contribution is 5.68. The molecule has 4 heteroatoms. The zero-order chi connectivity index (χ0) is 15.4. The normalized spacial score (nSPS) is 50.0. The summed E-state index contributed by atoms with van der Waals surface area (Å²) in [5, 5.41) is 22.6. The van der Waals surface area contributed by atoms with Gasteiger partial charge in [0.2, 0.25) is 0 Å². The van der Waals surface area contributed by atoms with Gasteiger partial charge in [0.1, 0.15) is 0 Å². The average molecular weight is 304 g/mol. The largest absolute Gasteiger partial charge is 0.550 e. The maximum absolute atomic E-state index is 11.3. The molecule has 0 N–H and O–H groups in total. The van der Waals surface area contributed by atoms with E-state index in [1.54, 1.807) is 0 Å². The smallest absolute Gasteiger partial charge is 0.0445 e. The van der Waals surface area contributed by atoms with Crippen molar-refractivity contribution < 1.29 is 19.8 Å². The van der Waals surface area contributed by atoms with Gasteiger partial charge >= 0.3 is 0 Å². The van der Waals surface area contributed by atoms with Gasteiger partial charge in [-0.2, -0.15) is 0 Å². The van der Waals surface area contributed by atoms with Crippen LogP contribution < -0.4 is 10.2 Å². The van der Waals surface area contributed by atoms with E-state index in [0.29, 0.717) is 35.5 Å². The lowest BCUT2D eigenvalue weighted by Gasteiger charge is -2.59. The van der Waals surface area contributed by atoms with Crippen LogP contribution in [-0.4, -0.2) is 11.9 Å². The average Bonchev–Trinajstić information content (AvgIpc) is 2.51. The van der Waals surface area contributed by atoms with Gasteiger partial charge in [0.05, 0.1) is 0 Å². The van der Waals surface area contributed by atoms with Gasteiger partial charge in [-0.05, 0) is 98.7 Å². The van der Waals surface area contributed by atoms with E-state index in [1.165, 1.54) is 0 Å². The third-order valence-corrected chi connectivity index (χ3v) is 7.45. The van der Waals surface area contributed by atoms with Crippen LogP contribution in [-0.2, 0) is 9.59 Å². The Bertz CT molecular complexity index is 415. The highest BCUT2D eigenvalue weighted by Gasteiger charge is 2.53. The van der Waals surface area contributed by atoms with Gasteiger partial charge < -0.3 is 19.8 Å². The summed E-state index contributed by atoms with van der Waals surface area (Å²) in [4.78, 5) is 22.6. The molecule has 0 amide bonds. The quantitative estimate of drug-likeness (QED) is 0.748. The first kappa shape index (κ1) is 14.5. The minimum atomic E-state index is -0.858. The molecule has 4 aliphatic carbocycles. The van der Waals surface area contributed by atoms with Crippen LogP contribution in [0.25, 0.3) is 0 Å². The molecule has 4 atom stereocenters. The summed E-state index contributed by atoms with van der Waals surface area (Å²) in [6.45, 7) is 0. The molecule has 4 saturated carbocycles. The highest BCUT2D eigenvalue weighted by atomic mass is 16.4. The third kappa shape index (κ3) is 2.17. The maximum Gasteiger partial charge on any atom is 0.0445 e. The molecule has 122 valence electrons. The Balaban J connectivity index is 1.58. The summed E-state index contributed by atoms with van der Waals surface area (Å²) < 4.78 is 0.